The summed E-state index contributed by atoms with van der Waals surface area (Å²) in [6.07, 6.45) is 13.2. The van der Waals surface area contributed by atoms with Crippen LogP contribution in [0.2, 0.25) is 0 Å². The monoisotopic (exact) mass is 478 g/mol. The molecule has 1 aromatic heterocycles. The highest BCUT2D eigenvalue weighted by molar-refractivity contribution is 7.81. The summed E-state index contributed by atoms with van der Waals surface area (Å²) < 4.78 is 10.7. The molecule has 1 aromatic rings. The molecule has 7 nitrogen and oxygen atoms in total. The zero-order valence-corrected chi connectivity index (χ0v) is 21.6. The van der Waals surface area contributed by atoms with Crippen LogP contribution in [0.3, 0.4) is 0 Å². The lowest BCUT2D eigenvalue weighted by Crippen LogP contribution is -2.44. The lowest BCUT2D eigenvalue weighted by atomic mass is 10.2. The van der Waals surface area contributed by atoms with Crippen LogP contribution in [0.25, 0.3) is 0 Å². The molecule has 0 atom stereocenters. The van der Waals surface area contributed by atoms with Crippen molar-refractivity contribution in [1.82, 2.24) is 25.2 Å². The van der Waals surface area contributed by atoms with Crippen molar-refractivity contribution in [2.75, 3.05) is 26.2 Å². The fourth-order valence-electron chi connectivity index (χ4n) is 4.81. The van der Waals surface area contributed by atoms with E-state index < -0.39 is 7.36 Å². The third-order valence-corrected chi connectivity index (χ3v) is 11.3. The molecule has 0 radical (unpaired) electrons. The van der Waals surface area contributed by atoms with Crippen LogP contribution in [0.15, 0.2) is 29.3 Å². The van der Waals surface area contributed by atoms with Gasteiger partial charge in [0.25, 0.3) is 5.91 Å². The highest BCUT2D eigenvalue weighted by atomic mass is 32.1. The predicted molar refractivity (Wildman–Crippen MR) is 137 cm³/mol. The van der Waals surface area contributed by atoms with Crippen LogP contribution in [0, 0.1) is 0 Å². The minimum atomic E-state index is -2.15. The number of carbonyl (C=O) groups excluding carboxylic acids is 1. The van der Waals surface area contributed by atoms with Crippen LogP contribution in [-0.4, -0.2) is 56.7 Å². The number of thiocarbonyl (C=S) groups is 1. The summed E-state index contributed by atoms with van der Waals surface area (Å²) in [6.45, 7) is 11.2. The molecule has 2 saturated heterocycles. The van der Waals surface area contributed by atoms with Crippen molar-refractivity contribution in [3.05, 3.63) is 30.1 Å². The van der Waals surface area contributed by atoms with Gasteiger partial charge < -0.3 is 0 Å². The van der Waals surface area contributed by atoms with E-state index in [0.29, 0.717) is 10.7 Å². The molecule has 3 heterocycles. The summed E-state index contributed by atoms with van der Waals surface area (Å²) >= 11 is 5.72. The molecule has 2 N–H and O–H groups in total. The van der Waals surface area contributed by atoms with Gasteiger partial charge in [0.05, 0.1) is 0 Å². The minimum Gasteiger partial charge on any atom is -0.272 e. The minimum absolute atomic E-state index is 0.0530. The summed E-state index contributed by atoms with van der Waals surface area (Å²) in [4.78, 5) is 16.5. The van der Waals surface area contributed by atoms with E-state index in [-0.39, 0.29) is 11.1 Å². The number of pyridine rings is 1. The first-order valence-electron chi connectivity index (χ1n) is 12.0. The second-order valence-electron chi connectivity index (χ2n) is 9.70. The molecule has 178 valence electrons. The van der Waals surface area contributed by atoms with E-state index in [1.54, 1.807) is 24.5 Å². The van der Waals surface area contributed by atoms with Crippen molar-refractivity contribution in [3.63, 3.8) is 0 Å². The summed E-state index contributed by atoms with van der Waals surface area (Å²) in [7, 11) is -2.15. The van der Waals surface area contributed by atoms with Gasteiger partial charge in [-0.15, -0.1) is 0 Å². The fourth-order valence-corrected chi connectivity index (χ4v) is 9.79. The van der Waals surface area contributed by atoms with Crippen LogP contribution < -0.4 is 10.9 Å². The smallest absolute Gasteiger partial charge is 0.269 e. The maximum absolute atomic E-state index is 12.5. The molecule has 0 saturated carbocycles. The molecular weight excluding hydrogens is 439 g/mol. The highest BCUT2D eigenvalue weighted by Crippen LogP contribution is 2.66. The maximum Gasteiger partial charge on any atom is 0.269 e. The van der Waals surface area contributed by atoms with Gasteiger partial charge >= 0.3 is 0 Å². The van der Waals surface area contributed by atoms with Gasteiger partial charge in [0.15, 0.2) is 0 Å². The first kappa shape index (κ1) is 25.3. The van der Waals surface area contributed by atoms with Crippen LogP contribution in [-0.2, 0) is 0 Å². The van der Waals surface area contributed by atoms with Crippen molar-refractivity contribution in [2.45, 2.75) is 77.3 Å². The molecule has 2 aliphatic rings. The molecule has 0 aliphatic carbocycles. The average Bonchev–Trinajstić information content (AvgIpc) is 3.21. The first-order chi connectivity index (χ1) is 15.3. The van der Waals surface area contributed by atoms with Gasteiger partial charge in [-0.1, -0.05) is 46.5 Å². The molecule has 0 bridgehead atoms. The number of amides is 1. The van der Waals surface area contributed by atoms with Crippen LogP contribution in [0.5, 0.6) is 0 Å². The Morgan fingerprint density at radius 2 is 1.38 bits per heavy atom. The third-order valence-electron chi connectivity index (χ3n) is 6.31. The number of nitrogens with zero attached hydrogens (tertiary/aromatic N) is 4. The molecule has 32 heavy (non-hydrogen) atoms. The van der Waals surface area contributed by atoms with Crippen molar-refractivity contribution in [2.24, 2.45) is 4.74 Å². The van der Waals surface area contributed by atoms with Crippen molar-refractivity contribution in [1.29, 1.82) is 0 Å². The number of hydrazine groups is 1. The topological polar surface area (TPSA) is 72.9 Å². The Morgan fingerprint density at radius 3 is 1.81 bits per heavy atom. The van der Waals surface area contributed by atoms with Gasteiger partial charge in [-0.2, -0.15) is 0 Å². The number of carbonyl (C=O) groups is 1. The number of hydrogen-bond donors (Lipinski definition) is 2. The van der Waals surface area contributed by atoms with Gasteiger partial charge in [0.2, 0.25) is 5.11 Å². The maximum atomic E-state index is 12.5. The summed E-state index contributed by atoms with van der Waals surface area (Å²) in [5.74, 6) is -0.241. The number of rotatable bonds is 3. The zero-order chi connectivity index (χ0) is 23.0. The highest BCUT2D eigenvalue weighted by Gasteiger charge is 2.44. The second-order valence-corrected chi connectivity index (χ2v) is 13.9. The molecule has 9 heteroatoms. The Balaban J connectivity index is 1.92. The van der Waals surface area contributed by atoms with E-state index in [4.69, 9.17) is 17.0 Å². The summed E-state index contributed by atoms with van der Waals surface area (Å²) in [6, 6.07) is 3.36. The van der Waals surface area contributed by atoms with Gasteiger partial charge in [-0.25, -0.2) is 4.74 Å². The Kier molecular flexibility index (Phi) is 9.23. The van der Waals surface area contributed by atoms with Gasteiger partial charge in [-0.05, 0) is 50.0 Å². The van der Waals surface area contributed by atoms with E-state index in [2.05, 4.69) is 45.9 Å². The second kappa shape index (κ2) is 11.7. The predicted octanol–water partition coefficient (Wildman–Crippen LogP) is 5.18. The molecular formula is C23H39N6OPS. The van der Waals surface area contributed by atoms with Crippen molar-refractivity contribution < 1.29 is 4.79 Å². The van der Waals surface area contributed by atoms with E-state index >= 15 is 0 Å². The molecule has 2 aliphatic heterocycles. The Morgan fingerprint density at radius 1 is 0.906 bits per heavy atom. The number of aromatic nitrogens is 1. The lowest BCUT2D eigenvalue weighted by Gasteiger charge is -2.50. The fraction of sp³-hybridized carbons (Fsp3) is 0.696. The van der Waals surface area contributed by atoms with Crippen molar-refractivity contribution in [3.8, 4) is 0 Å². The largest absolute Gasteiger partial charge is 0.272 e. The lowest BCUT2D eigenvalue weighted by molar-refractivity contribution is 0.0944. The summed E-state index contributed by atoms with van der Waals surface area (Å²) in [5.41, 5.74) is 6.20. The van der Waals surface area contributed by atoms with E-state index in [1.165, 1.54) is 51.4 Å². The molecule has 0 spiro atoms. The molecule has 1 amide bonds. The Hall–Kier alpha value is -1.34. The van der Waals surface area contributed by atoms with Crippen molar-refractivity contribution >= 4 is 30.6 Å². The average molecular weight is 479 g/mol. The third kappa shape index (κ3) is 6.16. The quantitative estimate of drug-likeness (QED) is 0.354. The molecule has 3 rings (SSSR count). The van der Waals surface area contributed by atoms with E-state index in [0.717, 1.165) is 26.2 Å². The summed E-state index contributed by atoms with van der Waals surface area (Å²) in [5, 5.41) is 0.312. The van der Waals surface area contributed by atoms with E-state index in [1.807, 2.05) is 0 Å². The standard InChI is InChI=1S/C23H39N6OPS/c1-23(2,3)31(28-16-8-4-5-9-17-28,29-18-10-6-7-11-19-29)27-22(32)26-25-21(30)20-12-14-24-15-13-20/h12-15H,4-11,16-19H2,1-3H3,(H,25,30)(H,26,32). The number of nitrogens with one attached hydrogen (secondary N) is 2. The van der Waals surface area contributed by atoms with Crippen LogP contribution in [0.1, 0.15) is 82.5 Å². The SMILES string of the molecule is CC(C)(C)P(=NC(=S)NNC(=O)c1ccncc1)(N1CCCCCC1)N1CCCCCC1. The molecule has 2 fully saturated rings. The zero-order valence-electron chi connectivity index (χ0n) is 19.8. The van der Waals surface area contributed by atoms with Gasteiger partial charge in [0, 0.05) is 49.3 Å². The molecule has 0 aromatic carbocycles. The van der Waals surface area contributed by atoms with E-state index in [9.17, 15) is 4.79 Å². The molecule has 0 unspecified atom stereocenters. The first-order valence-corrected chi connectivity index (χ1v) is 14.0. The van der Waals surface area contributed by atoms with Crippen LogP contribution >= 0.6 is 19.6 Å². The normalized spacial score (nSPS) is 19.5. The number of hydrogen-bond acceptors (Lipinski definition) is 3. The van der Waals surface area contributed by atoms with Gasteiger partial charge in [0.1, 0.15) is 7.36 Å². The Labute approximate surface area is 198 Å². The van der Waals surface area contributed by atoms with Crippen LogP contribution in [0.4, 0.5) is 0 Å². The Bertz CT molecular complexity index is 786. The van der Waals surface area contributed by atoms with Gasteiger partial charge in [-0.3, -0.25) is 30.0 Å².